The van der Waals surface area contributed by atoms with E-state index in [2.05, 4.69) is 10.6 Å². The Morgan fingerprint density at radius 1 is 1.09 bits per heavy atom. The van der Waals surface area contributed by atoms with E-state index in [0.29, 0.717) is 19.1 Å². The zero-order chi connectivity index (χ0) is 15.9. The van der Waals surface area contributed by atoms with E-state index in [9.17, 15) is 13.6 Å². The molecule has 0 radical (unpaired) electrons. The standard InChI is InChI=1S/C16H21ClF2N2O.ClH/c17-13-10-15(19)14(18)9-12(13)16(22)21-8-7-20-11-5-3-1-2-4-6-11;/h9-11,20H,1-8H2,(H,21,22);1H. The van der Waals surface area contributed by atoms with Crippen molar-refractivity contribution in [3.05, 3.63) is 34.4 Å². The van der Waals surface area contributed by atoms with Crippen molar-refractivity contribution >= 4 is 29.9 Å². The number of halogens is 4. The molecule has 3 nitrogen and oxygen atoms in total. The Balaban J connectivity index is 0.00000264. The molecule has 2 rings (SSSR count). The number of nitrogens with one attached hydrogen (secondary N) is 2. The molecule has 1 aliphatic rings. The first-order chi connectivity index (χ1) is 10.6. The van der Waals surface area contributed by atoms with Gasteiger partial charge in [0.1, 0.15) is 0 Å². The van der Waals surface area contributed by atoms with Gasteiger partial charge in [-0.2, -0.15) is 0 Å². The highest BCUT2D eigenvalue weighted by atomic mass is 35.5. The fraction of sp³-hybridized carbons (Fsp3) is 0.562. The molecule has 0 spiro atoms. The zero-order valence-corrected chi connectivity index (χ0v) is 14.4. The van der Waals surface area contributed by atoms with Crippen molar-refractivity contribution in [3.63, 3.8) is 0 Å². The van der Waals surface area contributed by atoms with Crippen molar-refractivity contribution < 1.29 is 13.6 Å². The Labute approximate surface area is 146 Å². The van der Waals surface area contributed by atoms with E-state index >= 15 is 0 Å². The lowest BCUT2D eigenvalue weighted by Crippen LogP contribution is -2.37. The highest BCUT2D eigenvalue weighted by molar-refractivity contribution is 6.33. The lowest BCUT2D eigenvalue weighted by molar-refractivity contribution is 0.0953. The fourth-order valence-electron chi connectivity index (χ4n) is 2.73. The maximum atomic E-state index is 13.2. The third kappa shape index (κ3) is 6.24. The van der Waals surface area contributed by atoms with Gasteiger partial charge in [-0.15, -0.1) is 12.4 Å². The van der Waals surface area contributed by atoms with Crippen LogP contribution in [0.25, 0.3) is 0 Å². The number of carbonyl (C=O) groups is 1. The summed E-state index contributed by atoms with van der Waals surface area (Å²) in [4.78, 5) is 11.9. The van der Waals surface area contributed by atoms with E-state index in [1.807, 2.05) is 0 Å². The van der Waals surface area contributed by atoms with Crippen LogP contribution in [0.1, 0.15) is 48.9 Å². The van der Waals surface area contributed by atoms with Gasteiger partial charge in [-0.3, -0.25) is 4.79 Å². The highest BCUT2D eigenvalue weighted by Gasteiger charge is 2.15. The molecule has 1 aromatic rings. The van der Waals surface area contributed by atoms with Gasteiger partial charge >= 0.3 is 0 Å². The maximum absolute atomic E-state index is 13.2. The molecule has 23 heavy (non-hydrogen) atoms. The number of benzene rings is 1. The molecule has 0 unspecified atom stereocenters. The first-order valence-electron chi connectivity index (χ1n) is 7.74. The molecule has 0 bridgehead atoms. The fourth-order valence-corrected chi connectivity index (χ4v) is 2.96. The average molecular weight is 367 g/mol. The van der Waals surface area contributed by atoms with Crippen LogP contribution in [0, 0.1) is 11.6 Å². The molecule has 2 N–H and O–H groups in total. The molecule has 1 saturated carbocycles. The quantitative estimate of drug-likeness (QED) is 0.468. The van der Waals surface area contributed by atoms with Gasteiger partial charge in [-0.1, -0.05) is 37.3 Å². The van der Waals surface area contributed by atoms with Gasteiger partial charge in [0.05, 0.1) is 10.6 Å². The second-order valence-corrected chi connectivity index (χ2v) is 6.05. The summed E-state index contributed by atoms with van der Waals surface area (Å²) in [6.45, 7) is 1.07. The zero-order valence-electron chi connectivity index (χ0n) is 12.8. The average Bonchev–Trinajstić information content (AvgIpc) is 2.76. The molecule has 130 valence electrons. The van der Waals surface area contributed by atoms with Crippen LogP contribution in [0.5, 0.6) is 0 Å². The van der Waals surface area contributed by atoms with E-state index in [0.717, 1.165) is 12.1 Å². The minimum Gasteiger partial charge on any atom is -0.351 e. The van der Waals surface area contributed by atoms with Crippen LogP contribution >= 0.6 is 24.0 Å². The Bertz CT molecular complexity index is 521. The summed E-state index contributed by atoms with van der Waals surface area (Å²) in [6.07, 6.45) is 7.42. The van der Waals surface area contributed by atoms with Gasteiger partial charge < -0.3 is 10.6 Å². The number of hydrogen-bond donors (Lipinski definition) is 2. The number of rotatable bonds is 5. The normalized spacial score (nSPS) is 15.6. The second-order valence-electron chi connectivity index (χ2n) is 5.64. The van der Waals surface area contributed by atoms with Gasteiger partial charge in [-0.05, 0) is 25.0 Å². The molecule has 0 aliphatic heterocycles. The van der Waals surface area contributed by atoms with Crippen molar-refractivity contribution in [2.45, 2.75) is 44.6 Å². The summed E-state index contributed by atoms with van der Waals surface area (Å²) in [5.74, 6) is -2.63. The van der Waals surface area contributed by atoms with Crippen LogP contribution < -0.4 is 10.6 Å². The Morgan fingerprint density at radius 3 is 2.35 bits per heavy atom. The van der Waals surface area contributed by atoms with Crippen molar-refractivity contribution in [1.29, 1.82) is 0 Å². The summed E-state index contributed by atoms with van der Waals surface area (Å²) in [5.41, 5.74) is -0.0463. The van der Waals surface area contributed by atoms with Crippen LogP contribution in [0.4, 0.5) is 8.78 Å². The Morgan fingerprint density at radius 2 is 1.70 bits per heavy atom. The topological polar surface area (TPSA) is 41.1 Å². The predicted molar refractivity (Wildman–Crippen MR) is 90.4 cm³/mol. The molecule has 0 aromatic heterocycles. The van der Waals surface area contributed by atoms with Gasteiger partial charge in [0.15, 0.2) is 11.6 Å². The smallest absolute Gasteiger partial charge is 0.252 e. The van der Waals surface area contributed by atoms with Crippen LogP contribution in [-0.2, 0) is 0 Å². The summed E-state index contributed by atoms with van der Waals surface area (Å²) in [7, 11) is 0. The minimum absolute atomic E-state index is 0. The molecule has 1 amide bonds. The van der Waals surface area contributed by atoms with Crippen molar-refractivity contribution in [1.82, 2.24) is 10.6 Å². The van der Waals surface area contributed by atoms with E-state index in [-0.39, 0.29) is 23.0 Å². The molecule has 0 heterocycles. The lowest BCUT2D eigenvalue weighted by atomic mass is 10.1. The maximum Gasteiger partial charge on any atom is 0.252 e. The second kappa shape index (κ2) is 10.1. The number of hydrogen-bond acceptors (Lipinski definition) is 2. The summed E-state index contributed by atoms with van der Waals surface area (Å²) in [6, 6.07) is 2.15. The highest BCUT2D eigenvalue weighted by Crippen LogP contribution is 2.20. The molecule has 7 heteroatoms. The summed E-state index contributed by atoms with van der Waals surface area (Å²) < 4.78 is 26.1. The molecular weight excluding hydrogens is 345 g/mol. The third-order valence-corrected chi connectivity index (χ3v) is 4.27. The first-order valence-corrected chi connectivity index (χ1v) is 8.12. The molecule has 1 aliphatic carbocycles. The molecule has 0 saturated heterocycles. The molecule has 0 atom stereocenters. The van der Waals surface area contributed by atoms with Gasteiger partial charge in [0.2, 0.25) is 0 Å². The lowest BCUT2D eigenvalue weighted by Gasteiger charge is -2.16. The van der Waals surface area contributed by atoms with Gasteiger partial charge in [-0.25, -0.2) is 8.78 Å². The molecule has 1 fully saturated rings. The number of carbonyl (C=O) groups excluding carboxylic acids is 1. The van der Waals surface area contributed by atoms with E-state index in [1.54, 1.807) is 0 Å². The monoisotopic (exact) mass is 366 g/mol. The van der Waals surface area contributed by atoms with Crippen LogP contribution in [-0.4, -0.2) is 25.0 Å². The molecule has 1 aromatic carbocycles. The molecular formula is C16H22Cl2F2N2O. The van der Waals surface area contributed by atoms with Crippen molar-refractivity contribution in [2.75, 3.05) is 13.1 Å². The first kappa shape index (κ1) is 20.1. The van der Waals surface area contributed by atoms with Crippen LogP contribution in [0.3, 0.4) is 0 Å². The summed E-state index contributed by atoms with van der Waals surface area (Å²) in [5, 5.41) is 6.00. The Kier molecular flexibility index (Phi) is 8.81. The van der Waals surface area contributed by atoms with Gasteiger partial charge in [0.25, 0.3) is 5.91 Å². The van der Waals surface area contributed by atoms with E-state index in [1.165, 1.54) is 38.5 Å². The summed E-state index contributed by atoms with van der Waals surface area (Å²) >= 11 is 5.77. The Hall–Kier alpha value is -0.910. The minimum atomic E-state index is -1.08. The third-order valence-electron chi connectivity index (χ3n) is 3.95. The van der Waals surface area contributed by atoms with Crippen molar-refractivity contribution in [3.8, 4) is 0 Å². The van der Waals surface area contributed by atoms with Crippen molar-refractivity contribution in [2.24, 2.45) is 0 Å². The largest absolute Gasteiger partial charge is 0.351 e. The predicted octanol–water partition coefficient (Wildman–Crippen LogP) is 4.08. The van der Waals surface area contributed by atoms with E-state index < -0.39 is 17.5 Å². The van der Waals surface area contributed by atoms with Gasteiger partial charge in [0, 0.05) is 19.1 Å². The van der Waals surface area contributed by atoms with Crippen LogP contribution in [0.2, 0.25) is 5.02 Å². The SMILES string of the molecule is Cl.O=C(NCCNC1CCCCCC1)c1cc(F)c(F)cc1Cl. The van der Waals surface area contributed by atoms with Crippen LogP contribution in [0.15, 0.2) is 12.1 Å². The van der Waals surface area contributed by atoms with E-state index in [4.69, 9.17) is 11.6 Å². The number of amides is 1.